The maximum Gasteiger partial charge on any atom is 0.387 e. The summed E-state index contributed by atoms with van der Waals surface area (Å²) in [5, 5.41) is 5.71. The summed E-state index contributed by atoms with van der Waals surface area (Å²) in [5.41, 5.74) is 0.215. The number of rotatable bonds is 5. The Morgan fingerprint density at radius 3 is 2.90 bits per heavy atom. The fourth-order valence-electron chi connectivity index (χ4n) is 2.14. The molecule has 20 heavy (non-hydrogen) atoms. The van der Waals surface area contributed by atoms with Crippen LogP contribution in [0.3, 0.4) is 0 Å². The molecule has 2 rings (SSSR count). The van der Waals surface area contributed by atoms with Crippen molar-refractivity contribution in [3.63, 3.8) is 0 Å². The van der Waals surface area contributed by atoms with E-state index in [-0.39, 0.29) is 17.6 Å². The highest BCUT2D eigenvalue weighted by atomic mass is 19.3. The minimum absolute atomic E-state index is 0.140. The van der Waals surface area contributed by atoms with E-state index in [0.717, 1.165) is 31.5 Å². The molecule has 4 nitrogen and oxygen atoms in total. The van der Waals surface area contributed by atoms with Crippen molar-refractivity contribution < 1.29 is 22.7 Å². The van der Waals surface area contributed by atoms with Crippen molar-refractivity contribution in [2.45, 2.75) is 31.9 Å². The zero-order chi connectivity index (χ0) is 14.5. The van der Waals surface area contributed by atoms with Crippen LogP contribution in [0.25, 0.3) is 0 Å². The summed E-state index contributed by atoms with van der Waals surface area (Å²) in [4.78, 5) is 11.7. The third-order valence-corrected chi connectivity index (χ3v) is 3.03. The molecule has 0 aliphatic carbocycles. The van der Waals surface area contributed by atoms with Gasteiger partial charge in [-0.3, -0.25) is 4.79 Å². The summed E-state index contributed by atoms with van der Waals surface area (Å²) in [5.74, 6) is -1.73. The van der Waals surface area contributed by atoms with Crippen LogP contribution >= 0.6 is 0 Å². The average Bonchev–Trinajstić information content (AvgIpc) is 2.85. The second-order valence-electron chi connectivity index (χ2n) is 4.57. The van der Waals surface area contributed by atoms with Gasteiger partial charge in [-0.15, -0.1) is 0 Å². The number of amides is 1. The molecule has 1 unspecified atom stereocenters. The first kappa shape index (κ1) is 14.6. The molecule has 1 aliphatic heterocycles. The van der Waals surface area contributed by atoms with Gasteiger partial charge in [0.25, 0.3) is 0 Å². The molecule has 1 aliphatic rings. The fourth-order valence-corrected chi connectivity index (χ4v) is 2.14. The first-order valence-electron chi connectivity index (χ1n) is 6.32. The predicted molar refractivity (Wildman–Crippen MR) is 67.3 cm³/mol. The first-order chi connectivity index (χ1) is 9.54. The van der Waals surface area contributed by atoms with Crippen molar-refractivity contribution in [1.82, 2.24) is 5.32 Å². The van der Waals surface area contributed by atoms with Gasteiger partial charge in [0.15, 0.2) is 11.6 Å². The van der Waals surface area contributed by atoms with Gasteiger partial charge in [0.05, 0.1) is 0 Å². The van der Waals surface area contributed by atoms with E-state index >= 15 is 0 Å². The fraction of sp³-hybridized carbons (Fsp3) is 0.462. The largest absolute Gasteiger partial charge is 0.432 e. The number of halogens is 3. The molecule has 1 atom stereocenters. The maximum atomic E-state index is 13.4. The molecule has 1 amide bonds. The van der Waals surface area contributed by atoms with Crippen LogP contribution in [0.2, 0.25) is 0 Å². The highest BCUT2D eigenvalue weighted by molar-refractivity contribution is 5.91. The number of benzene rings is 1. The molecule has 1 aromatic carbocycles. The highest BCUT2D eigenvalue weighted by Gasteiger charge is 2.18. The Bertz CT molecular complexity index is 477. The summed E-state index contributed by atoms with van der Waals surface area (Å²) in [6, 6.07) is 3.48. The van der Waals surface area contributed by atoms with Gasteiger partial charge in [-0.05, 0) is 31.5 Å². The normalized spacial score (nSPS) is 18.3. The predicted octanol–water partition coefficient (Wildman–Crippen LogP) is 2.51. The molecule has 1 fully saturated rings. The van der Waals surface area contributed by atoms with E-state index in [1.54, 1.807) is 0 Å². The monoisotopic (exact) mass is 288 g/mol. The van der Waals surface area contributed by atoms with Crippen LogP contribution in [0.4, 0.5) is 18.9 Å². The smallest absolute Gasteiger partial charge is 0.387 e. The van der Waals surface area contributed by atoms with Crippen molar-refractivity contribution in [1.29, 1.82) is 0 Å². The van der Waals surface area contributed by atoms with Crippen molar-refractivity contribution in [3.05, 3.63) is 24.0 Å². The Morgan fingerprint density at radius 1 is 1.50 bits per heavy atom. The second kappa shape index (κ2) is 6.60. The summed E-state index contributed by atoms with van der Waals surface area (Å²) >= 11 is 0. The lowest BCUT2D eigenvalue weighted by Crippen LogP contribution is -2.27. The van der Waals surface area contributed by atoms with Crippen LogP contribution in [-0.4, -0.2) is 25.1 Å². The highest BCUT2D eigenvalue weighted by Crippen LogP contribution is 2.23. The minimum Gasteiger partial charge on any atom is -0.432 e. The second-order valence-corrected chi connectivity index (χ2v) is 4.57. The SMILES string of the molecule is O=C(CC1CCCN1)Nc1ccc(OC(F)F)c(F)c1. The lowest BCUT2D eigenvalue weighted by atomic mass is 10.1. The zero-order valence-electron chi connectivity index (χ0n) is 10.7. The Balaban J connectivity index is 1.92. The van der Waals surface area contributed by atoms with Crippen LogP contribution in [0.15, 0.2) is 18.2 Å². The summed E-state index contributed by atoms with van der Waals surface area (Å²) in [6.45, 7) is -2.19. The quantitative estimate of drug-likeness (QED) is 0.875. The lowest BCUT2D eigenvalue weighted by Gasteiger charge is -2.11. The molecule has 0 aromatic heterocycles. The van der Waals surface area contributed by atoms with Crippen LogP contribution < -0.4 is 15.4 Å². The summed E-state index contributed by atoms with van der Waals surface area (Å²) in [7, 11) is 0. The summed E-state index contributed by atoms with van der Waals surface area (Å²) < 4.78 is 41.4. The number of hydrogen-bond donors (Lipinski definition) is 2. The molecule has 0 saturated carbocycles. The van der Waals surface area contributed by atoms with Crippen LogP contribution in [-0.2, 0) is 4.79 Å². The van der Waals surface area contributed by atoms with Gasteiger partial charge < -0.3 is 15.4 Å². The molecule has 0 bridgehead atoms. The Hall–Kier alpha value is -1.76. The molecule has 0 radical (unpaired) electrons. The van der Waals surface area contributed by atoms with Gasteiger partial charge in [0, 0.05) is 24.2 Å². The molecule has 1 aromatic rings. The van der Waals surface area contributed by atoms with Gasteiger partial charge >= 0.3 is 6.61 Å². The molecular formula is C13H15F3N2O2. The van der Waals surface area contributed by atoms with E-state index in [1.165, 1.54) is 6.07 Å². The molecule has 1 saturated heterocycles. The number of nitrogens with one attached hydrogen (secondary N) is 2. The first-order valence-corrected chi connectivity index (χ1v) is 6.32. The van der Waals surface area contributed by atoms with Crippen LogP contribution in [0.5, 0.6) is 5.75 Å². The van der Waals surface area contributed by atoms with E-state index in [0.29, 0.717) is 6.42 Å². The molecule has 0 spiro atoms. The van der Waals surface area contributed by atoms with Crippen molar-refractivity contribution in [2.24, 2.45) is 0 Å². The van der Waals surface area contributed by atoms with E-state index in [1.807, 2.05) is 0 Å². The van der Waals surface area contributed by atoms with E-state index in [4.69, 9.17) is 0 Å². The van der Waals surface area contributed by atoms with Crippen LogP contribution in [0.1, 0.15) is 19.3 Å². The van der Waals surface area contributed by atoms with E-state index < -0.39 is 18.2 Å². The van der Waals surface area contributed by atoms with Crippen molar-refractivity contribution in [2.75, 3.05) is 11.9 Å². The molecular weight excluding hydrogens is 273 g/mol. The van der Waals surface area contributed by atoms with Gasteiger partial charge in [-0.1, -0.05) is 0 Å². The Morgan fingerprint density at radius 2 is 2.30 bits per heavy atom. The third-order valence-electron chi connectivity index (χ3n) is 3.03. The van der Waals surface area contributed by atoms with Gasteiger partial charge in [0.1, 0.15) is 0 Å². The summed E-state index contributed by atoms with van der Waals surface area (Å²) in [6.07, 6.45) is 2.27. The number of ether oxygens (including phenoxy) is 1. The Labute approximate surface area is 114 Å². The number of alkyl halides is 2. The van der Waals surface area contributed by atoms with E-state index in [9.17, 15) is 18.0 Å². The number of carbonyl (C=O) groups excluding carboxylic acids is 1. The number of anilines is 1. The van der Waals surface area contributed by atoms with Crippen LogP contribution in [0, 0.1) is 5.82 Å². The zero-order valence-corrected chi connectivity index (χ0v) is 10.7. The minimum atomic E-state index is -3.08. The van der Waals surface area contributed by atoms with Crippen molar-refractivity contribution >= 4 is 11.6 Å². The molecule has 7 heteroatoms. The Kier molecular flexibility index (Phi) is 4.84. The molecule has 1 heterocycles. The van der Waals surface area contributed by atoms with E-state index in [2.05, 4.69) is 15.4 Å². The number of carbonyl (C=O) groups is 1. The van der Waals surface area contributed by atoms with Gasteiger partial charge in [-0.2, -0.15) is 8.78 Å². The maximum absolute atomic E-state index is 13.4. The average molecular weight is 288 g/mol. The lowest BCUT2D eigenvalue weighted by molar-refractivity contribution is -0.116. The number of hydrogen-bond acceptors (Lipinski definition) is 3. The van der Waals surface area contributed by atoms with Gasteiger partial charge in [-0.25, -0.2) is 4.39 Å². The van der Waals surface area contributed by atoms with Gasteiger partial charge in [0.2, 0.25) is 5.91 Å². The standard InChI is InChI=1S/C13H15F3N2O2/c14-10-6-9(3-4-11(10)20-13(15)16)18-12(19)7-8-2-1-5-17-8/h3-4,6,8,13,17H,1-2,5,7H2,(H,18,19). The topological polar surface area (TPSA) is 50.4 Å². The van der Waals surface area contributed by atoms with Crippen molar-refractivity contribution in [3.8, 4) is 5.75 Å². The molecule has 2 N–H and O–H groups in total. The third kappa shape index (κ3) is 4.12. The molecule has 110 valence electrons.